The standard InChI is InChI=1S/C15H17N3O3S/c1-10-9-22-15(17-10)18-16-8-11-6-13-14(7-12(11)19-2)21-5-3-4-20-13/h6-9H,3-5H2,1-2H3,(H,17,18). The topological polar surface area (TPSA) is 65.0 Å². The van der Waals surface area contributed by atoms with Crippen LogP contribution in [0.25, 0.3) is 0 Å². The number of benzene rings is 1. The maximum Gasteiger partial charge on any atom is 0.203 e. The highest BCUT2D eigenvalue weighted by atomic mass is 32.1. The molecule has 0 atom stereocenters. The molecule has 2 heterocycles. The SMILES string of the molecule is COc1cc2c(cc1C=NNc1nc(C)cs1)OCCCO2. The van der Waals surface area contributed by atoms with Gasteiger partial charge in [-0.2, -0.15) is 5.10 Å². The number of rotatable bonds is 4. The summed E-state index contributed by atoms with van der Waals surface area (Å²) in [5.74, 6) is 2.10. The quantitative estimate of drug-likeness (QED) is 0.693. The van der Waals surface area contributed by atoms with Crippen LogP contribution in [0.2, 0.25) is 0 Å². The zero-order valence-electron chi connectivity index (χ0n) is 12.5. The second kappa shape index (κ2) is 6.65. The molecule has 0 amide bonds. The van der Waals surface area contributed by atoms with Crippen molar-refractivity contribution in [3.05, 3.63) is 28.8 Å². The monoisotopic (exact) mass is 319 g/mol. The number of hydrazone groups is 1. The Bertz CT molecular complexity index is 685. The van der Waals surface area contributed by atoms with Gasteiger partial charge in [-0.25, -0.2) is 4.98 Å². The van der Waals surface area contributed by atoms with Crippen LogP contribution < -0.4 is 19.6 Å². The van der Waals surface area contributed by atoms with E-state index in [0.717, 1.165) is 22.8 Å². The van der Waals surface area contributed by atoms with Gasteiger partial charge in [-0.05, 0) is 13.0 Å². The Hall–Kier alpha value is -2.28. The minimum absolute atomic E-state index is 0.645. The Morgan fingerprint density at radius 2 is 2.09 bits per heavy atom. The maximum atomic E-state index is 5.68. The molecule has 0 radical (unpaired) electrons. The summed E-state index contributed by atoms with van der Waals surface area (Å²) < 4.78 is 16.7. The molecule has 0 spiro atoms. The Balaban J connectivity index is 1.81. The lowest BCUT2D eigenvalue weighted by atomic mass is 10.2. The van der Waals surface area contributed by atoms with Crippen molar-refractivity contribution in [2.45, 2.75) is 13.3 Å². The lowest BCUT2D eigenvalue weighted by molar-refractivity contribution is 0.296. The van der Waals surface area contributed by atoms with Gasteiger partial charge in [0.05, 0.1) is 32.2 Å². The van der Waals surface area contributed by atoms with Crippen LogP contribution in [0.5, 0.6) is 17.2 Å². The summed E-state index contributed by atoms with van der Waals surface area (Å²) in [4.78, 5) is 4.28. The van der Waals surface area contributed by atoms with Gasteiger partial charge in [-0.1, -0.05) is 0 Å². The van der Waals surface area contributed by atoms with Crippen molar-refractivity contribution in [3.8, 4) is 17.2 Å². The van der Waals surface area contributed by atoms with Gasteiger partial charge in [0.25, 0.3) is 0 Å². The molecule has 0 unspecified atom stereocenters. The van der Waals surface area contributed by atoms with Gasteiger partial charge in [0.2, 0.25) is 5.13 Å². The highest BCUT2D eigenvalue weighted by molar-refractivity contribution is 7.13. The van der Waals surface area contributed by atoms with Gasteiger partial charge < -0.3 is 14.2 Å². The molecule has 0 saturated heterocycles. The van der Waals surface area contributed by atoms with E-state index in [1.165, 1.54) is 11.3 Å². The molecular weight excluding hydrogens is 302 g/mol. The van der Waals surface area contributed by atoms with E-state index in [0.29, 0.717) is 30.5 Å². The summed E-state index contributed by atoms with van der Waals surface area (Å²) in [6.45, 7) is 3.24. The molecule has 2 aromatic rings. The van der Waals surface area contributed by atoms with Gasteiger partial charge in [0.15, 0.2) is 11.5 Å². The summed E-state index contributed by atoms with van der Waals surface area (Å²) >= 11 is 1.51. The van der Waals surface area contributed by atoms with Crippen LogP contribution in [0.15, 0.2) is 22.6 Å². The van der Waals surface area contributed by atoms with Crippen LogP contribution in [0.1, 0.15) is 17.7 Å². The summed E-state index contributed by atoms with van der Waals surface area (Å²) in [5, 5.41) is 6.92. The second-order valence-corrected chi connectivity index (χ2v) is 5.61. The van der Waals surface area contributed by atoms with E-state index in [2.05, 4.69) is 15.5 Å². The lowest BCUT2D eigenvalue weighted by Crippen LogP contribution is -1.98. The zero-order chi connectivity index (χ0) is 15.4. The predicted molar refractivity (Wildman–Crippen MR) is 86.7 cm³/mol. The zero-order valence-corrected chi connectivity index (χ0v) is 13.3. The van der Waals surface area contributed by atoms with Gasteiger partial charge >= 0.3 is 0 Å². The first kappa shape index (κ1) is 14.6. The Morgan fingerprint density at radius 3 is 2.77 bits per heavy atom. The summed E-state index contributed by atoms with van der Waals surface area (Å²) in [5.41, 5.74) is 4.69. The smallest absolute Gasteiger partial charge is 0.203 e. The molecule has 1 aliphatic rings. The molecule has 0 saturated carbocycles. The van der Waals surface area contributed by atoms with Crippen molar-refractivity contribution in [3.63, 3.8) is 0 Å². The van der Waals surface area contributed by atoms with Crippen LogP contribution >= 0.6 is 11.3 Å². The van der Waals surface area contributed by atoms with E-state index in [4.69, 9.17) is 14.2 Å². The Kier molecular flexibility index (Phi) is 4.43. The number of nitrogens with one attached hydrogen (secondary N) is 1. The number of anilines is 1. The molecule has 1 aromatic carbocycles. The molecule has 22 heavy (non-hydrogen) atoms. The van der Waals surface area contributed by atoms with Gasteiger partial charge in [0.1, 0.15) is 5.75 Å². The van der Waals surface area contributed by atoms with Crippen LogP contribution in [0.3, 0.4) is 0 Å². The first-order valence-corrected chi connectivity index (χ1v) is 7.83. The molecule has 1 aliphatic heterocycles. The Labute approximate surface area is 132 Å². The minimum Gasteiger partial charge on any atom is -0.496 e. The lowest BCUT2D eigenvalue weighted by Gasteiger charge is -2.11. The van der Waals surface area contributed by atoms with Gasteiger partial charge in [0, 0.05) is 23.4 Å². The number of aromatic nitrogens is 1. The number of methoxy groups -OCH3 is 1. The Morgan fingerprint density at radius 1 is 1.32 bits per heavy atom. The van der Waals surface area contributed by atoms with E-state index in [9.17, 15) is 0 Å². The number of fused-ring (bicyclic) bond motifs is 1. The fourth-order valence-electron chi connectivity index (χ4n) is 2.05. The number of aryl methyl sites for hydroxylation is 1. The predicted octanol–water partition coefficient (Wildman–Crippen LogP) is 3.07. The number of nitrogens with zero attached hydrogens (tertiary/aromatic N) is 2. The van der Waals surface area contributed by atoms with Crippen molar-refractivity contribution in [2.75, 3.05) is 25.7 Å². The summed E-state index contributed by atoms with van der Waals surface area (Å²) in [6, 6.07) is 3.70. The largest absolute Gasteiger partial charge is 0.496 e. The highest BCUT2D eigenvalue weighted by Crippen LogP contribution is 2.35. The van der Waals surface area contributed by atoms with Crippen LogP contribution in [-0.2, 0) is 0 Å². The van der Waals surface area contributed by atoms with E-state index in [-0.39, 0.29) is 0 Å². The number of ether oxygens (including phenoxy) is 3. The average molecular weight is 319 g/mol. The average Bonchev–Trinajstić information content (AvgIpc) is 2.80. The molecular formula is C15H17N3O3S. The fraction of sp³-hybridized carbons (Fsp3) is 0.333. The third kappa shape index (κ3) is 3.30. The number of hydrogen-bond acceptors (Lipinski definition) is 7. The van der Waals surface area contributed by atoms with E-state index in [1.807, 2.05) is 24.4 Å². The molecule has 7 heteroatoms. The first-order valence-electron chi connectivity index (χ1n) is 6.95. The number of thiazole rings is 1. The van der Waals surface area contributed by atoms with Crippen molar-refractivity contribution >= 4 is 22.7 Å². The van der Waals surface area contributed by atoms with Gasteiger partial charge in [-0.3, -0.25) is 5.43 Å². The van der Waals surface area contributed by atoms with Gasteiger partial charge in [-0.15, -0.1) is 11.3 Å². The first-order chi connectivity index (χ1) is 10.8. The minimum atomic E-state index is 0.645. The highest BCUT2D eigenvalue weighted by Gasteiger charge is 2.14. The third-order valence-electron chi connectivity index (χ3n) is 3.08. The van der Waals surface area contributed by atoms with E-state index >= 15 is 0 Å². The molecule has 0 fully saturated rings. The molecule has 1 aromatic heterocycles. The normalized spacial score (nSPS) is 13.9. The number of hydrogen-bond donors (Lipinski definition) is 1. The van der Waals surface area contributed by atoms with E-state index in [1.54, 1.807) is 13.3 Å². The van der Waals surface area contributed by atoms with Crippen LogP contribution in [0, 0.1) is 6.92 Å². The molecule has 0 bridgehead atoms. The molecule has 3 rings (SSSR count). The van der Waals surface area contributed by atoms with Crippen molar-refractivity contribution in [2.24, 2.45) is 5.10 Å². The third-order valence-corrected chi connectivity index (χ3v) is 3.95. The van der Waals surface area contributed by atoms with Crippen molar-refractivity contribution in [1.82, 2.24) is 4.98 Å². The molecule has 6 nitrogen and oxygen atoms in total. The maximum absolute atomic E-state index is 5.68. The summed E-state index contributed by atoms with van der Waals surface area (Å²) in [7, 11) is 1.62. The van der Waals surface area contributed by atoms with Crippen LogP contribution in [0.4, 0.5) is 5.13 Å². The molecule has 1 N–H and O–H groups in total. The second-order valence-electron chi connectivity index (χ2n) is 4.76. The molecule has 116 valence electrons. The van der Waals surface area contributed by atoms with Crippen molar-refractivity contribution < 1.29 is 14.2 Å². The van der Waals surface area contributed by atoms with Crippen molar-refractivity contribution in [1.29, 1.82) is 0 Å². The summed E-state index contributed by atoms with van der Waals surface area (Å²) in [6.07, 6.45) is 2.55. The van der Waals surface area contributed by atoms with Crippen LogP contribution in [-0.4, -0.2) is 31.5 Å². The van der Waals surface area contributed by atoms with E-state index < -0.39 is 0 Å². The fourth-order valence-corrected chi connectivity index (χ4v) is 2.68. The molecule has 0 aliphatic carbocycles.